The summed E-state index contributed by atoms with van der Waals surface area (Å²) in [5, 5.41) is 0. The third-order valence-electron chi connectivity index (χ3n) is 8.76. The van der Waals surface area contributed by atoms with Crippen molar-refractivity contribution in [3.05, 3.63) is 108 Å². The average molecular weight is 534 g/mol. The minimum atomic E-state index is -0.697. The molecule has 0 unspecified atom stereocenters. The smallest absolute Gasteiger partial charge is 0.338 e. The number of ketones is 1. The van der Waals surface area contributed by atoms with Crippen molar-refractivity contribution in [1.82, 2.24) is 0 Å². The molecule has 7 heteroatoms. The molecule has 3 aromatic rings. The SMILES string of the molecule is O=C(COC(=O)c1cccc(N2C(=O)[C@H]3[C@@H]4C=C[C@@H]([C@H]5C[C@H]45)[C@@H]3C2=O)c1)c1ccc(OCc2ccccc2)cc1. The molecule has 0 spiro atoms. The number of carbonyl (C=O) groups is 4. The molecule has 1 saturated heterocycles. The molecular weight excluding hydrogens is 506 g/mol. The molecule has 0 N–H and O–H groups in total. The summed E-state index contributed by atoms with van der Waals surface area (Å²) in [4.78, 5) is 53.5. The Hall–Kier alpha value is -4.52. The van der Waals surface area contributed by atoms with Gasteiger partial charge in [0.25, 0.3) is 0 Å². The lowest BCUT2D eigenvalue weighted by Crippen LogP contribution is -2.40. The number of nitrogens with zero attached hydrogens (tertiary/aromatic N) is 1. The predicted octanol–water partition coefficient (Wildman–Crippen LogP) is 4.86. The molecule has 1 heterocycles. The number of hydrogen-bond acceptors (Lipinski definition) is 6. The predicted molar refractivity (Wildman–Crippen MR) is 145 cm³/mol. The van der Waals surface area contributed by atoms with E-state index in [9.17, 15) is 19.2 Å². The van der Waals surface area contributed by atoms with Gasteiger partial charge in [0, 0.05) is 5.56 Å². The van der Waals surface area contributed by atoms with Gasteiger partial charge in [0.05, 0.1) is 23.1 Å². The third-order valence-corrected chi connectivity index (χ3v) is 8.76. The first-order chi connectivity index (χ1) is 19.5. The molecule has 200 valence electrons. The highest BCUT2D eigenvalue weighted by atomic mass is 16.5. The second-order valence-corrected chi connectivity index (χ2v) is 11.0. The van der Waals surface area contributed by atoms with Gasteiger partial charge in [0.1, 0.15) is 12.4 Å². The fourth-order valence-electron chi connectivity index (χ4n) is 6.76. The van der Waals surface area contributed by atoms with E-state index in [0.717, 1.165) is 12.0 Å². The van der Waals surface area contributed by atoms with Gasteiger partial charge < -0.3 is 9.47 Å². The van der Waals surface area contributed by atoms with Crippen LogP contribution >= 0.6 is 0 Å². The number of anilines is 1. The highest BCUT2D eigenvalue weighted by molar-refractivity contribution is 6.23. The molecule has 3 aromatic carbocycles. The number of imide groups is 1. The van der Waals surface area contributed by atoms with Crippen molar-refractivity contribution in [2.45, 2.75) is 13.0 Å². The van der Waals surface area contributed by atoms with Crippen LogP contribution in [0.2, 0.25) is 0 Å². The highest BCUT2D eigenvalue weighted by Gasteiger charge is 2.67. The van der Waals surface area contributed by atoms with E-state index in [1.807, 2.05) is 30.3 Å². The molecule has 4 aliphatic carbocycles. The molecule has 3 fully saturated rings. The Labute approximate surface area is 231 Å². The van der Waals surface area contributed by atoms with E-state index >= 15 is 0 Å². The summed E-state index contributed by atoms with van der Waals surface area (Å²) in [7, 11) is 0. The Morgan fingerprint density at radius 1 is 0.775 bits per heavy atom. The largest absolute Gasteiger partial charge is 0.489 e. The van der Waals surface area contributed by atoms with Crippen LogP contribution < -0.4 is 9.64 Å². The van der Waals surface area contributed by atoms with Crippen LogP contribution in [-0.4, -0.2) is 30.2 Å². The molecule has 7 nitrogen and oxygen atoms in total. The number of benzene rings is 3. The number of hydrogen-bond donors (Lipinski definition) is 0. The third kappa shape index (κ3) is 4.13. The molecule has 6 atom stereocenters. The summed E-state index contributed by atoms with van der Waals surface area (Å²) >= 11 is 0. The van der Waals surface area contributed by atoms with Crippen LogP contribution in [0.25, 0.3) is 0 Å². The Kier molecular flexibility index (Phi) is 5.88. The molecular formula is C33H27NO6. The van der Waals surface area contributed by atoms with Crippen LogP contribution in [0, 0.1) is 35.5 Å². The van der Waals surface area contributed by atoms with Crippen LogP contribution in [0.3, 0.4) is 0 Å². The summed E-state index contributed by atoms with van der Waals surface area (Å²) in [6.07, 6.45) is 5.36. The van der Waals surface area contributed by atoms with Crippen LogP contribution in [0.5, 0.6) is 5.75 Å². The number of esters is 1. The molecule has 5 aliphatic rings. The Bertz CT molecular complexity index is 1510. The molecule has 0 aromatic heterocycles. The van der Waals surface area contributed by atoms with Gasteiger partial charge in [-0.3, -0.25) is 14.4 Å². The van der Waals surface area contributed by atoms with Gasteiger partial charge in [-0.2, -0.15) is 0 Å². The molecule has 2 saturated carbocycles. The van der Waals surface area contributed by atoms with E-state index in [-0.39, 0.29) is 46.8 Å². The molecule has 2 bridgehead atoms. The quantitative estimate of drug-likeness (QED) is 0.178. The first-order valence-corrected chi connectivity index (χ1v) is 13.6. The summed E-state index contributed by atoms with van der Waals surface area (Å²) in [5.41, 5.74) is 1.97. The lowest BCUT2D eigenvalue weighted by molar-refractivity contribution is -0.124. The van der Waals surface area contributed by atoms with Crippen molar-refractivity contribution in [1.29, 1.82) is 0 Å². The van der Waals surface area contributed by atoms with Gasteiger partial charge in [-0.05, 0) is 78.1 Å². The number of carbonyl (C=O) groups excluding carboxylic acids is 4. The van der Waals surface area contributed by atoms with E-state index in [0.29, 0.717) is 35.4 Å². The standard InChI is InChI=1S/C33H27NO6/c35-28(20-9-11-23(12-10-20)39-17-19-5-2-1-3-6-19)18-40-33(38)21-7-4-8-22(15-21)34-31(36)29-24-13-14-25(27-16-26(24)27)30(29)32(34)37/h1-15,24-27,29-30H,16-18H2/t24-,25+,26-,27-,29+,30+/m1/s1. The van der Waals surface area contributed by atoms with Crippen molar-refractivity contribution in [2.24, 2.45) is 35.5 Å². The van der Waals surface area contributed by atoms with Crippen molar-refractivity contribution < 1.29 is 28.7 Å². The van der Waals surface area contributed by atoms with Gasteiger partial charge >= 0.3 is 5.97 Å². The Morgan fingerprint density at radius 3 is 2.12 bits per heavy atom. The maximum atomic E-state index is 13.4. The zero-order valence-electron chi connectivity index (χ0n) is 21.6. The first kappa shape index (κ1) is 24.5. The zero-order valence-corrected chi connectivity index (χ0v) is 21.6. The summed E-state index contributed by atoms with van der Waals surface area (Å²) in [5.74, 6) is -0.116. The zero-order chi connectivity index (χ0) is 27.4. The van der Waals surface area contributed by atoms with Crippen LogP contribution in [0.4, 0.5) is 5.69 Å². The van der Waals surface area contributed by atoms with Gasteiger partial charge in [-0.15, -0.1) is 0 Å². The normalized spacial score (nSPS) is 27.2. The Balaban J connectivity index is 0.979. The minimum absolute atomic E-state index is 0.130. The maximum Gasteiger partial charge on any atom is 0.338 e. The average Bonchev–Trinajstić information content (AvgIpc) is 3.78. The Morgan fingerprint density at radius 2 is 1.45 bits per heavy atom. The van der Waals surface area contributed by atoms with Crippen LogP contribution in [0.15, 0.2) is 91.0 Å². The maximum absolute atomic E-state index is 13.4. The van der Waals surface area contributed by atoms with Crippen LogP contribution in [0.1, 0.15) is 32.7 Å². The molecule has 8 rings (SSSR count). The fraction of sp³-hybridized carbons (Fsp3) is 0.273. The van der Waals surface area contributed by atoms with E-state index in [1.165, 1.54) is 11.0 Å². The molecule has 40 heavy (non-hydrogen) atoms. The molecule has 1 aliphatic heterocycles. The first-order valence-electron chi connectivity index (χ1n) is 13.6. The summed E-state index contributed by atoms with van der Waals surface area (Å²) in [6, 6.07) is 22.8. The van der Waals surface area contributed by atoms with Gasteiger partial charge in [0.15, 0.2) is 12.4 Å². The summed E-state index contributed by atoms with van der Waals surface area (Å²) < 4.78 is 11.0. The minimum Gasteiger partial charge on any atom is -0.489 e. The number of ether oxygens (including phenoxy) is 2. The second-order valence-electron chi connectivity index (χ2n) is 11.0. The van der Waals surface area contributed by atoms with Gasteiger partial charge in [-0.1, -0.05) is 48.6 Å². The van der Waals surface area contributed by atoms with Crippen molar-refractivity contribution in [3.8, 4) is 5.75 Å². The fourth-order valence-corrected chi connectivity index (χ4v) is 6.76. The van der Waals surface area contributed by atoms with Crippen molar-refractivity contribution in [3.63, 3.8) is 0 Å². The number of rotatable bonds is 8. The molecule has 0 radical (unpaired) electrons. The highest BCUT2D eigenvalue weighted by Crippen LogP contribution is 2.65. The van der Waals surface area contributed by atoms with Crippen LogP contribution in [-0.2, 0) is 20.9 Å². The van der Waals surface area contributed by atoms with Gasteiger partial charge in [-0.25, -0.2) is 9.69 Å². The van der Waals surface area contributed by atoms with Crippen molar-refractivity contribution in [2.75, 3.05) is 11.5 Å². The van der Waals surface area contributed by atoms with E-state index in [1.54, 1.807) is 42.5 Å². The molecule has 2 amide bonds. The monoisotopic (exact) mass is 533 g/mol. The summed E-state index contributed by atoms with van der Waals surface area (Å²) in [6.45, 7) is -0.0172. The van der Waals surface area contributed by atoms with Crippen molar-refractivity contribution >= 4 is 29.3 Å². The lowest BCUT2D eigenvalue weighted by atomic mass is 9.63. The number of amides is 2. The second kappa shape index (κ2) is 9.59. The van der Waals surface area contributed by atoms with E-state index in [2.05, 4.69) is 12.2 Å². The topological polar surface area (TPSA) is 90.0 Å². The van der Waals surface area contributed by atoms with E-state index in [4.69, 9.17) is 9.47 Å². The number of allylic oxidation sites excluding steroid dienone is 2. The lowest BCUT2D eigenvalue weighted by Gasteiger charge is -2.37. The van der Waals surface area contributed by atoms with Gasteiger partial charge in [0.2, 0.25) is 11.8 Å². The van der Waals surface area contributed by atoms with E-state index < -0.39 is 12.6 Å². The number of Topliss-reactive ketones (excluding diaryl/α,β-unsaturated/α-hetero) is 1.